The second-order valence-electron chi connectivity index (χ2n) is 7.03. The molecule has 0 aromatic heterocycles. The minimum atomic E-state index is -4.27. The third-order valence-corrected chi connectivity index (χ3v) is 6.08. The van der Waals surface area contributed by atoms with Gasteiger partial charge < -0.3 is 20.6 Å². The summed E-state index contributed by atoms with van der Waals surface area (Å²) in [5, 5.41) is 0. The van der Waals surface area contributed by atoms with Crippen molar-refractivity contribution in [2.45, 2.75) is 61.4 Å². The van der Waals surface area contributed by atoms with Crippen molar-refractivity contribution in [2.75, 3.05) is 0 Å². The van der Waals surface area contributed by atoms with Gasteiger partial charge in [0.2, 0.25) is 0 Å². The molecular formula is C20H26N2O6PtS2. The van der Waals surface area contributed by atoms with Crippen molar-refractivity contribution in [1.82, 2.24) is 0 Å². The topological polar surface area (TPSA) is 162 Å². The second kappa shape index (κ2) is 13.4. The summed E-state index contributed by atoms with van der Waals surface area (Å²) in [4.78, 5) is -0.355. The molecule has 8 nitrogen and oxygen atoms in total. The Kier molecular flexibility index (Phi) is 12.9. The van der Waals surface area contributed by atoms with Gasteiger partial charge in [0, 0.05) is 0 Å². The van der Waals surface area contributed by atoms with Crippen LogP contribution in [0.15, 0.2) is 58.3 Å². The summed E-state index contributed by atoms with van der Waals surface area (Å²) in [6.07, 6.45) is 4.25. The molecule has 0 saturated heterocycles. The van der Waals surface area contributed by atoms with Crippen LogP contribution < -0.4 is 0 Å². The Bertz CT molecular complexity index is 911. The van der Waals surface area contributed by atoms with Crippen molar-refractivity contribution >= 4 is 20.2 Å². The summed E-state index contributed by atoms with van der Waals surface area (Å²) < 4.78 is 62.3. The molecule has 0 bridgehead atoms. The van der Waals surface area contributed by atoms with Crippen molar-refractivity contribution in [3.63, 3.8) is 0 Å². The summed E-state index contributed by atoms with van der Waals surface area (Å²) in [6, 6.07) is 11.4. The van der Waals surface area contributed by atoms with Crippen LogP contribution in [-0.4, -0.2) is 38.0 Å². The van der Waals surface area contributed by atoms with Crippen molar-refractivity contribution < 1.29 is 47.0 Å². The third-order valence-electron chi connectivity index (χ3n) is 4.39. The fourth-order valence-electron chi connectivity index (χ4n) is 2.54. The average molecular weight is 650 g/mol. The van der Waals surface area contributed by atoms with Crippen LogP contribution in [0.4, 0.5) is 0 Å². The Hall–Kier alpha value is -1.13. The maximum atomic E-state index is 10.4. The van der Waals surface area contributed by atoms with Gasteiger partial charge in [0.25, 0.3) is 0 Å². The first-order valence-corrected chi connectivity index (χ1v) is 12.1. The van der Waals surface area contributed by atoms with Crippen LogP contribution in [0, 0.1) is 13.8 Å². The third kappa shape index (κ3) is 11.9. The molecule has 0 radical (unpaired) electrons. The molecule has 1 saturated carbocycles. The second-order valence-corrected chi connectivity index (χ2v) is 9.79. The largest absolute Gasteiger partial charge is 4.00 e. The monoisotopic (exact) mass is 649 g/mol. The van der Waals surface area contributed by atoms with E-state index in [0.29, 0.717) is 0 Å². The van der Waals surface area contributed by atoms with Crippen LogP contribution >= 0.6 is 0 Å². The van der Waals surface area contributed by atoms with E-state index in [1.54, 1.807) is 24.3 Å². The molecule has 0 amide bonds. The van der Waals surface area contributed by atoms with E-state index in [1.165, 1.54) is 37.1 Å². The van der Waals surface area contributed by atoms with E-state index in [-0.39, 0.29) is 42.9 Å². The number of aryl methyl sites for hydroxylation is 2. The molecule has 2 unspecified atom stereocenters. The molecule has 1 aliphatic rings. The van der Waals surface area contributed by atoms with Crippen LogP contribution in [0.1, 0.15) is 36.8 Å². The molecule has 0 spiro atoms. The molecule has 1 fully saturated rings. The van der Waals surface area contributed by atoms with Crippen molar-refractivity contribution in [1.29, 1.82) is 0 Å². The molecule has 11 heteroatoms. The summed E-state index contributed by atoms with van der Waals surface area (Å²) >= 11 is 0. The van der Waals surface area contributed by atoms with Crippen LogP contribution in [0.25, 0.3) is 11.5 Å². The van der Waals surface area contributed by atoms with Gasteiger partial charge in [0.15, 0.2) is 0 Å². The van der Waals surface area contributed by atoms with Crippen LogP contribution in [-0.2, 0) is 41.3 Å². The fraction of sp³-hybridized carbons (Fsp3) is 0.400. The van der Waals surface area contributed by atoms with Gasteiger partial charge in [0.05, 0.1) is 9.79 Å². The van der Waals surface area contributed by atoms with E-state index in [4.69, 9.17) is 11.5 Å². The Morgan fingerprint density at radius 3 is 1.13 bits per heavy atom. The van der Waals surface area contributed by atoms with Gasteiger partial charge >= 0.3 is 21.1 Å². The van der Waals surface area contributed by atoms with Gasteiger partial charge in [-0.05, 0) is 38.1 Å². The Morgan fingerprint density at radius 2 is 0.935 bits per heavy atom. The summed E-state index contributed by atoms with van der Waals surface area (Å²) in [5.41, 5.74) is 16.4. The number of benzene rings is 2. The standard InChI is InChI=1S/2C7H8O3S.C6H12N2.Pt/c2*1-6-2-4-7(5-3-6)11(8,9)10;7-5-3-1-2-4-6(5)8;/h2*2-5H,1H3,(H,8,9,10);5-8H,1-4H2;/q;;-2;+4/p-2. The van der Waals surface area contributed by atoms with Gasteiger partial charge in [-0.1, -0.05) is 61.1 Å². The van der Waals surface area contributed by atoms with Crippen molar-refractivity contribution in [3.05, 3.63) is 71.1 Å². The van der Waals surface area contributed by atoms with Crippen LogP contribution in [0.3, 0.4) is 0 Å². The Balaban J connectivity index is 0.000000434. The molecule has 2 aromatic rings. The molecule has 0 heterocycles. The van der Waals surface area contributed by atoms with Gasteiger partial charge in [-0.2, -0.15) is 12.1 Å². The van der Waals surface area contributed by atoms with Gasteiger partial charge in [0.1, 0.15) is 20.2 Å². The first kappa shape index (κ1) is 29.9. The average Bonchev–Trinajstić information content (AvgIpc) is 2.64. The number of hydrogen-bond donors (Lipinski definition) is 0. The minimum Gasteiger partial charge on any atom is -0.744 e. The summed E-state index contributed by atoms with van der Waals surface area (Å²) in [5.74, 6) is 0. The van der Waals surface area contributed by atoms with E-state index >= 15 is 0 Å². The molecule has 3 rings (SSSR count). The summed E-state index contributed by atoms with van der Waals surface area (Å²) in [7, 11) is -8.54. The number of nitrogens with one attached hydrogen (secondary N) is 2. The van der Waals surface area contributed by atoms with Crippen LogP contribution in [0.5, 0.6) is 0 Å². The van der Waals surface area contributed by atoms with E-state index in [9.17, 15) is 25.9 Å². The molecular weight excluding hydrogens is 623 g/mol. The quantitative estimate of drug-likeness (QED) is 0.443. The first-order chi connectivity index (χ1) is 13.8. The molecule has 0 aliphatic heterocycles. The Labute approximate surface area is 199 Å². The zero-order chi connectivity index (χ0) is 22.9. The maximum absolute atomic E-state index is 10.4. The fourth-order valence-corrected chi connectivity index (χ4v) is 3.48. The zero-order valence-electron chi connectivity index (χ0n) is 17.2. The molecule has 2 aromatic carbocycles. The predicted octanol–water partition coefficient (Wildman–Crippen LogP) is 4.20. The van der Waals surface area contributed by atoms with E-state index in [2.05, 4.69) is 0 Å². The molecule has 2 N–H and O–H groups in total. The maximum Gasteiger partial charge on any atom is 4.00 e. The minimum absolute atomic E-state index is 0. The predicted molar refractivity (Wildman–Crippen MR) is 113 cm³/mol. The van der Waals surface area contributed by atoms with Crippen molar-refractivity contribution in [3.8, 4) is 0 Å². The normalized spacial score (nSPS) is 18.4. The van der Waals surface area contributed by atoms with Gasteiger partial charge in [-0.3, -0.25) is 0 Å². The van der Waals surface area contributed by atoms with E-state index in [1.807, 2.05) is 13.8 Å². The van der Waals surface area contributed by atoms with Gasteiger partial charge in [-0.25, -0.2) is 16.8 Å². The van der Waals surface area contributed by atoms with Crippen molar-refractivity contribution in [2.24, 2.45) is 0 Å². The van der Waals surface area contributed by atoms with Gasteiger partial charge in [-0.15, -0.1) is 0 Å². The smallest absolute Gasteiger partial charge is 0.744 e. The zero-order valence-corrected chi connectivity index (χ0v) is 21.1. The molecule has 31 heavy (non-hydrogen) atoms. The summed E-state index contributed by atoms with van der Waals surface area (Å²) in [6.45, 7) is 3.64. The van der Waals surface area contributed by atoms with E-state index < -0.39 is 20.2 Å². The molecule has 174 valence electrons. The van der Waals surface area contributed by atoms with Crippen LogP contribution in [0.2, 0.25) is 0 Å². The Morgan fingerprint density at radius 1 is 0.677 bits per heavy atom. The SMILES string of the molecule is Cc1ccc(S(=O)(=O)[O-])cc1.Cc1ccc(S(=O)(=O)[O-])cc1.[NH-]C1CCCCC1[NH-].[Pt+4]. The number of rotatable bonds is 2. The van der Waals surface area contributed by atoms with E-state index in [0.717, 1.165) is 24.0 Å². The first-order valence-electron chi connectivity index (χ1n) is 9.28. The number of hydrogen-bond acceptors (Lipinski definition) is 6. The molecule has 2 atom stereocenters. The molecule has 1 aliphatic carbocycles.